The Morgan fingerprint density at radius 1 is 1.40 bits per heavy atom. The quantitative estimate of drug-likeness (QED) is 0.805. The van der Waals surface area contributed by atoms with Crippen molar-refractivity contribution in [3.05, 3.63) is 35.8 Å². The van der Waals surface area contributed by atoms with Crippen LogP contribution in [-0.2, 0) is 0 Å². The Hall–Kier alpha value is -1.84. The van der Waals surface area contributed by atoms with E-state index in [1.807, 2.05) is 10.6 Å². The molecule has 2 N–H and O–H groups in total. The molecule has 2 aromatic heterocycles. The van der Waals surface area contributed by atoms with E-state index in [0.29, 0.717) is 11.5 Å². The lowest BCUT2D eigenvalue weighted by atomic mass is 10.2. The van der Waals surface area contributed by atoms with Gasteiger partial charge >= 0.3 is 0 Å². The lowest BCUT2D eigenvalue weighted by Gasteiger charge is -1.96. The number of hydrogen-bond donors (Lipinski definition) is 1. The molecule has 0 aliphatic rings. The highest BCUT2D eigenvalue weighted by Crippen LogP contribution is 2.14. The van der Waals surface area contributed by atoms with Gasteiger partial charge in [-0.05, 0) is 18.1 Å². The predicted molar refractivity (Wildman–Crippen MR) is 57.8 cm³/mol. The Morgan fingerprint density at radius 3 is 2.73 bits per heavy atom. The maximum absolute atomic E-state index is 11.0. The molecule has 0 saturated carbocycles. The van der Waals surface area contributed by atoms with Crippen LogP contribution in [0.5, 0.6) is 0 Å². The molecule has 2 rings (SSSR count). The van der Waals surface area contributed by atoms with E-state index in [4.69, 9.17) is 5.73 Å². The van der Waals surface area contributed by atoms with Gasteiger partial charge in [0.1, 0.15) is 5.65 Å². The van der Waals surface area contributed by atoms with Crippen LogP contribution in [0.25, 0.3) is 5.65 Å². The molecule has 1 amide bonds. The summed E-state index contributed by atoms with van der Waals surface area (Å²) in [4.78, 5) is 15.4. The number of nitrogens with two attached hydrogens (primary N) is 1. The van der Waals surface area contributed by atoms with Gasteiger partial charge in [0.25, 0.3) is 0 Å². The molecule has 0 aromatic carbocycles. The summed E-state index contributed by atoms with van der Waals surface area (Å²) in [6.45, 7) is 4.16. The first-order chi connectivity index (χ1) is 7.08. The van der Waals surface area contributed by atoms with E-state index in [-0.39, 0.29) is 0 Å². The average Bonchev–Trinajstić information content (AvgIpc) is 2.59. The smallest absolute Gasteiger partial charge is 0.250 e. The minimum Gasteiger partial charge on any atom is -0.366 e. The summed E-state index contributed by atoms with van der Waals surface area (Å²) in [5.74, 6) is -0.0429. The first-order valence-corrected chi connectivity index (χ1v) is 4.86. The van der Waals surface area contributed by atoms with E-state index < -0.39 is 5.91 Å². The summed E-state index contributed by atoms with van der Waals surface area (Å²) in [6, 6.07) is 3.49. The third-order valence-electron chi connectivity index (χ3n) is 2.35. The molecule has 0 saturated heterocycles. The highest BCUT2D eigenvalue weighted by molar-refractivity contribution is 5.92. The maximum atomic E-state index is 11.0. The van der Waals surface area contributed by atoms with Crippen molar-refractivity contribution in [1.82, 2.24) is 9.38 Å². The van der Waals surface area contributed by atoms with E-state index in [1.165, 1.54) is 0 Å². The number of imidazole rings is 1. The zero-order valence-corrected chi connectivity index (χ0v) is 8.77. The van der Waals surface area contributed by atoms with Crippen molar-refractivity contribution >= 4 is 11.6 Å². The van der Waals surface area contributed by atoms with Crippen molar-refractivity contribution in [3.8, 4) is 0 Å². The number of carbonyl (C=O) groups is 1. The number of aromatic nitrogens is 2. The molecule has 0 atom stereocenters. The highest BCUT2D eigenvalue weighted by Gasteiger charge is 2.07. The Kier molecular flexibility index (Phi) is 2.19. The SMILES string of the molecule is CC(C)c1cn2cc(C(N)=O)ccc2n1. The Morgan fingerprint density at radius 2 is 2.13 bits per heavy atom. The summed E-state index contributed by atoms with van der Waals surface area (Å²) >= 11 is 0. The lowest BCUT2D eigenvalue weighted by Crippen LogP contribution is -2.11. The van der Waals surface area contributed by atoms with Crippen LogP contribution in [0.3, 0.4) is 0 Å². The standard InChI is InChI=1S/C11H13N3O/c1-7(2)9-6-14-5-8(11(12)15)3-4-10(14)13-9/h3-7H,1-2H3,(H2,12,15). The molecule has 2 heterocycles. The number of hydrogen-bond acceptors (Lipinski definition) is 2. The number of carbonyl (C=O) groups excluding carboxylic acids is 1. The molecule has 78 valence electrons. The van der Waals surface area contributed by atoms with Gasteiger partial charge in [-0.25, -0.2) is 4.98 Å². The van der Waals surface area contributed by atoms with Crippen LogP contribution >= 0.6 is 0 Å². The Balaban J connectivity index is 2.57. The van der Waals surface area contributed by atoms with Crippen LogP contribution in [0.2, 0.25) is 0 Å². The summed E-state index contributed by atoms with van der Waals surface area (Å²) in [6.07, 6.45) is 3.63. The minimum absolute atomic E-state index is 0.377. The maximum Gasteiger partial charge on any atom is 0.250 e. The molecule has 15 heavy (non-hydrogen) atoms. The van der Waals surface area contributed by atoms with E-state index in [0.717, 1.165) is 11.3 Å². The van der Waals surface area contributed by atoms with Crippen molar-refractivity contribution in [2.24, 2.45) is 5.73 Å². The third kappa shape index (κ3) is 1.70. The van der Waals surface area contributed by atoms with E-state index >= 15 is 0 Å². The fourth-order valence-corrected chi connectivity index (χ4v) is 1.44. The zero-order chi connectivity index (χ0) is 11.0. The fourth-order valence-electron chi connectivity index (χ4n) is 1.44. The topological polar surface area (TPSA) is 60.4 Å². The summed E-state index contributed by atoms with van der Waals surface area (Å²) in [5.41, 5.74) is 7.54. The second-order valence-electron chi connectivity index (χ2n) is 3.87. The predicted octanol–water partition coefficient (Wildman–Crippen LogP) is 1.56. The van der Waals surface area contributed by atoms with Crippen LogP contribution < -0.4 is 5.73 Å². The molecule has 0 aliphatic heterocycles. The van der Waals surface area contributed by atoms with Gasteiger partial charge < -0.3 is 10.1 Å². The van der Waals surface area contributed by atoms with Crippen molar-refractivity contribution in [1.29, 1.82) is 0 Å². The second-order valence-corrected chi connectivity index (χ2v) is 3.87. The molecule has 4 heteroatoms. The largest absolute Gasteiger partial charge is 0.366 e. The number of amides is 1. The number of fused-ring (bicyclic) bond motifs is 1. The number of primary amides is 1. The van der Waals surface area contributed by atoms with Gasteiger partial charge in [-0.2, -0.15) is 0 Å². The van der Waals surface area contributed by atoms with Gasteiger partial charge in [0, 0.05) is 12.4 Å². The molecule has 0 unspecified atom stereocenters. The van der Waals surface area contributed by atoms with E-state index in [2.05, 4.69) is 18.8 Å². The molecular weight excluding hydrogens is 190 g/mol. The molecular formula is C11H13N3O. The zero-order valence-electron chi connectivity index (χ0n) is 8.77. The van der Waals surface area contributed by atoms with Crippen LogP contribution in [0.4, 0.5) is 0 Å². The fraction of sp³-hybridized carbons (Fsp3) is 0.273. The Labute approximate surface area is 87.7 Å². The summed E-state index contributed by atoms with van der Waals surface area (Å²) in [5, 5.41) is 0. The first-order valence-electron chi connectivity index (χ1n) is 4.86. The second kappa shape index (κ2) is 3.38. The average molecular weight is 203 g/mol. The number of pyridine rings is 1. The molecule has 0 aliphatic carbocycles. The van der Waals surface area contributed by atoms with Crippen LogP contribution in [0.15, 0.2) is 24.5 Å². The van der Waals surface area contributed by atoms with Crippen molar-refractivity contribution in [2.45, 2.75) is 19.8 Å². The van der Waals surface area contributed by atoms with Crippen LogP contribution in [0.1, 0.15) is 35.8 Å². The molecule has 0 radical (unpaired) electrons. The van der Waals surface area contributed by atoms with Crippen LogP contribution in [-0.4, -0.2) is 15.3 Å². The number of rotatable bonds is 2. The van der Waals surface area contributed by atoms with Gasteiger partial charge in [-0.3, -0.25) is 4.79 Å². The van der Waals surface area contributed by atoms with Crippen molar-refractivity contribution in [2.75, 3.05) is 0 Å². The summed E-state index contributed by atoms with van der Waals surface area (Å²) < 4.78 is 1.83. The van der Waals surface area contributed by atoms with E-state index in [1.54, 1.807) is 18.3 Å². The first kappa shape index (κ1) is 9.71. The molecule has 0 bridgehead atoms. The van der Waals surface area contributed by atoms with Gasteiger partial charge in [0.05, 0.1) is 11.3 Å². The molecule has 0 spiro atoms. The Bertz CT molecular complexity index is 514. The number of nitrogens with zero attached hydrogens (tertiary/aromatic N) is 2. The molecule has 2 aromatic rings. The monoisotopic (exact) mass is 203 g/mol. The normalized spacial score (nSPS) is 11.1. The van der Waals surface area contributed by atoms with Gasteiger partial charge in [0.15, 0.2) is 0 Å². The highest BCUT2D eigenvalue weighted by atomic mass is 16.1. The lowest BCUT2D eigenvalue weighted by molar-refractivity contribution is 0.1000. The third-order valence-corrected chi connectivity index (χ3v) is 2.35. The minimum atomic E-state index is -0.420. The molecule has 4 nitrogen and oxygen atoms in total. The van der Waals surface area contributed by atoms with Gasteiger partial charge in [0.2, 0.25) is 5.91 Å². The van der Waals surface area contributed by atoms with Gasteiger partial charge in [-0.15, -0.1) is 0 Å². The van der Waals surface area contributed by atoms with Crippen molar-refractivity contribution < 1.29 is 4.79 Å². The van der Waals surface area contributed by atoms with Crippen molar-refractivity contribution in [3.63, 3.8) is 0 Å². The van der Waals surface area contributed by atoms with Gasteiger partial charge in [-0.1, -0.05) is 13.8 Å². The molecule has 0 fully saturated rings. The summed E-state index contributed by atoms with van der Waals surface area (Å²) in [7, 11) is 0. The van der Waals surface area contributed by atoms with Crippen LogP contribution in [0, 0.1) is 0 Å². The van der Waals surface area contributed by atoms with E-state index in [9.17, 15) is 4.79 Å².